The number of sulfonamides is 1. The van der Waals surface area contributed by atoms with Gasteiger partial charge in [-0.3, -0.25) is 9.69 Å². The fourth-order valence-corrected chi connectivity index (χ4v) is 5.92. The summed E-state index contributed by atoms with van der Waals surface area (Å²) < 4.78 is 26.7. The molecule has 1 aromatic heterocycles. The smallest absolute Gasteiger partial charge is 0.241 e. The van der Waals surface area contributed by atoms with Crippen molar-refractivity contribution >= 4 is 33.0 Å². The van der Waals surface area contributed by atoms with E-state index in [-0.39, 0.29) is 17.2 Å². The number of amides is 1. The van der Waals surface area contributed by atoms with Crippen LogP contribution in [0.5, 0.6) is 0 Å². The summed E-state index contributed by atoms with van der Waals surface area (Å²) in [7, 11) is -1.26. The van der Waals surface area contributed by atoms with E-state index in [4.69, 9.17) is 0 Å². The topological polar surface area (TPSA) is 60.9 Å². The molecule has 0 unspecified atom stereocenters. The maximum absolute atomic E-state index is 12.5. The quantitative estimate of drug-likeness (QED) is 0.789. The van der Waals surface area contributed by atoms with E-state index in [1.54, 1.807) is 15.6 Å². The number of nitrogens with zero attached hydrogens (tertiary/aromatic N) is 3. The van der Waals surface area contributed by atoms with Crippen LogP contribution in [0, 0.1) is 0 Å². The van der Waals surface area contributed by atoms with Crippen LogP contribution in [0.2, 0.25) is 0 Å². The minimum atomic E-state index is -3.20. The van der Waals surface area contributed by atoms with Gasteiger partial charge in [-0.05, 0) is 31.3 Å². The molecule has 1 spiro atoms. The molecule has 0 saturated carbocycles. The summed E-state index contributed by atoms with van der Waals surface area (Å²) >= 11 is 1.57. The Labute approximate surface area is 148 Å². The maximum atomic E-state index is 12.5. The van der Waals surface area contributed by atoms with Gasteiger partial charge in [-0.2, -0.15) is 15.6 Å². The third kappa shape index (κ3) is 3.24. The van der Waals surface area contributed by atoms with Crippen LogP contribution in [-0.4, -0.2) is 68.0 Å². The van der Waals surface area contributed by atoms with Crippen LogP contribution in [0.25, 0.3) is 0 Å². The van der Waals surface area contributed by atoms with Crippen LogP contribution in [-0.2, 0) is 14.8 Å². The standard InChI is InChI=1S/C16H25N3O3S2/c1-3-4-9-24(21,22)18-7-6-16(12-18)13-19(14-5-8-23-11-14)15(20)10-17(16)2/h5,8,11H,3-4,6-7,9-10,12-13H2,1-2H3/t16-/m0/s1. The Morgan fingerprint density at radius 2 is 2.12 bits per heavy atom. The van der Waals surface area contributed by atoms with Crippen molar-refractivity contribution in [1.29, 1.82) is 0 Å². The zero-order valence-electron chi connectivity index (χ0n) is 14.3. The van der Waals surface area contributed by atoms with Crippen molar-refractivity contribution in [2.75, 3.05) is 43.9 Å². The Morgan fingerprint density at radius 1 is 1.33 bits per heavy atom. The van der Waals surface area contributed by atoms with Crippen molar-refractivity contribution in [3.8, 4) is 0 Å². The van der Waals surface area contributed by atoms with Crippen molar-refractivity contribution in [2.24, 2.45) is 0 Å². The van der Waals surface area contributed by atoms with Gasteiger partial charge in [0.15, 0.2) is 0 Å². The van der Waals surface area contributed by atoms with Crippen LogP contribution in [0.1, 0.15) is 26.2 Å². The molecular weight excluding hydrogens is 346 g/mol. The zero-order chi connectivity index (χ0) is 17.4. The number of likely N-dealkylation sites (N-methyl/N-ethyl adjacent to an activating group) is 1. The molecule has 3 rings (SSSR count). The third-order valence-corrected chi connectivity index (χ3v) is 7.77. The van der Waals surface area contributed by atoms with E-state index in [0.29, 0.717) is 32.6 Å². The van der Waals surface area contributed by atoms with Crippen LogP contribution in [0.4, 0.5) is 5.69 Å². The number of carbonyl (C=O) groups is 1. The average molecular weight is 372 g/mol. The number of thiophene rings is 1. The van der Waals surface area contributed by atoms with Crippen LogP contribution in [0.3, 0.4) is 0 Å². The van der Waals surface area contributed by atoms with E-state index in [1.165, 1.54) is 0 Å². The van der Waals surface area contributed by atoms with Gasteiger partial charge in [0.05, 0.1) is 23.5 Å². The van der Waals surface area contributed by atoms with E-state index >= 15 is 0 Å². The molecule has 134 valence electrons. The van der Waals surface area contributed by atoms with Crippen LogP contribution >= 0.6 is 11.3 Å². The first-order valence-corrected chi connectivity index (χ1v) is 10.9. The van der Waals surface area contributed by atoms with Gasteiger partial charge in [0.2, 0.25) is 15.9 Å². The Kier molecular flexibility index (Phi) is 5.01. The highest BCUT2D eigenvalue weighted by Crippen LogP contribution is 2.35. The van der Waals surface area contributed by atoms with Gasteiger partial charge in [-0.1, -0.05) is 13.3 Å². The summed E-state index contributed by atoms with van der Waals surface area (Å²) in [5.41, 5.74) is 0.638. The summed E-state index contributed by atoms with van der Waals surface area (Å²) in [6.07, 6.45) is 2.34. The molecule has 0 bridgehead atoms. The Hall–Kier alpha value is -0.960. The lowest BCUT2D eigenvalue weighted by atomic mass is 9.93. The largest absolute Gasteiger partial charge is 0.309 e. The normalized spacial score (nSPS) is 26.6. The molecule has 0 aromatic carbocycles. The molecule has 3 heterocycles. The molecule has 6 nitrogen and oxygen atoms in total. The third-order valence-electron chi connectivity index (χ3n) is 5.20. The maximum Gasteiger partial charge on any atom is 0.241 e. The summed E-state index contributed by atoms with van der Waals surface area (Å²) in [5.74, 6) is 0.296. The van der Waals surface area contributed by atoms with Gasteiger partial charge < -0.3 is 4.90 Å². The number of rotatable bonds is 5. The summed E-state index contributed by atoms with van der Waals surface area (Å²) in [6, 6.07) is 1.95. The molecule has 1 atom stereocenters. The molecule has 0 aliphatic carbocycles. The van der Waals surface area contributed by atoms with E-state index in [2.05, 4.69) is 0 Å². The lowest BCUT2D eigenvalue weighted by Crippen LogP contribution is -2.64. The monoisotopic (exact) mass is 371 g/mol. The molecule has 1 aromatic rings. The van der Waals surface area contributed by atoms with Gasteiger partial charge in [-0.25, -0.2) is 8.42 Å². The van der Waals surface area contributed by atoms with Crippen LogP contribution < -0.4 is 4.90 Å². The van der Waals surface area contributed by atoms with E-state index in [0.717, 1.165) is 18.5 Å². The zero-order valence-corrected chi connectivity index (χ0v) is 15.9. The fraction of sp³-hybridized carbons (Fsp3) is 0.688. The second-order valence-corrected chi connectivity index (χ2v) is 9.66. The molecule has 0 radical (unpaired) electrons. The van der Waals surface area contributed by atoms with Gasteiger partial charge >= 0.3 is 0 Å². The highest BCUT2D eigenvalue weighted by Gasteiger charge is 2.49. The van der Waals surface area contributed by atoms with E-state index < -0.39 is 10.0 Å². The predicted octanol–water partition coefficient (Wildman–Crippen LogP) is 1.60. The molecule has 0 N–H and O–H groups in total. The number of hydrogen-bond donors (Lipinski definition) is 0. The van der Waals surface area contributed by atoms with Crippen LogP contribution in [0.15, 0.2) is 16.8 Å². The number of carbonyl (C=O) groups excluding carboxylic acids is 1. The van der Waals surface area contributed by atoms with Gasteiger partial charge in [-0.15, -0.1) is 0 Å². The highest BCUT2D eigenvalue weighted by molar-refractivity contribution is 7.89. The van der Waals surface area contributed by atoms with E-state index in [9.17, 15) is 13.2 Å². The number of anilines is 1. The first kappa shape index (κ1) is 17.8. The van der Waals surface area contributed by atoms with Crippen molar-refractivity contribution in [1.82, 2.24) is 9.21 Å². The Morgan fingerprint density at radius 3 is 2.79 bits per heavy atom. The summed E-state index contributed by atoms with van der Waals surface area (Å²) in [4.78, 5) is 16.3. The summed E-state index contributed by atoms with van der Waals surface area (Å²) in [5, 5.41) is 3.94. The van der Waals surface area contributed by atoms with Gasteiger partial charge in [0.25, 0.3) is 0 Å². The minimum absolute atomic E-state index is 0.0776. The lowest BCUT2D eigenvalue weighted by molar-refractivity contribution is -0.123. The SMILES string of the molecule is CCCCS(=O)(=O)N1CC[C@@]2(CN(c3ccsc3)C(=O)CN2C)C1. The second kappa shape index (κ2) is 6.74. The van der Waals surface area contributed by atoms with Crippen molar-refractivity contribution in [3.05, 3.63) is 16.8 Å². The Balaban J connectivity index is 1.79. The highest BCUT2D eigenvalue weighted by atomic mass is 32.2. The van der Waals surface area contributed by atoms with Crippen molar-refractivity contribution < 1.29 is 13.2 Å². The summed E-state index contributed by atoms with van der Waals surface area (Å²) in [6.45, 7) is 3.91. The molecule has 2 fully saturated rings. The fourth-order valence-electron chi connectivity index (χ4n) is 3.56. The molecule has 2 aliphatic rings. The molecule has 8 heteroatoms. The average Bonchev–Trinajstić information content (AvgIpc) is 3.20. The molecular formula is C16H25N3O3S2. The molecule has 2 saturated heterocycles. The number of piperazine rings is 1. The predicted molar refractivity (Wildman–Crippen MR) is 96.9 cm³/mol. The first-order valence-electron chi connectivity index (χ1n) is 8.40. The Bertz CT molecular complexity index is 689. The van der Waals surface area contributed by atoms with Gasteiger partial charge in [0.1, 0.15) is 0 Å². The second-order valence-electron chi connectivity index (χ2n) is 6.79. The molecule has 2 aliphatic heterocycles. The first-order chi connectivity index (χ1) is 11.4. The van der Waals surface area contributed by atoms with Crippen molar-refractivity contribution in [2.45, 2.75) is 31.7 Å². The molecule has 1 amide bonds. The van der Waals surface area contributed by atoms with Crippen molar-refractivity contribution in [3.63, 3.8) is 0 Å². The number of hydrogen-bond acceptors (Lipinski definition) is 5. The van der Waals surface area contributed by atoms with E-state index in [1.807, 2.05) is 40.6 Å². The lowest BCUT2D eigenvalue weighted by Gasteiger charge is -2.46. The number of unbranched alkanes of at least 4 members (excludes halogenated alkanes) is 1. The van der Waals surface area contributed by atoms with Gasteiger partial charge in [0, 0.05) is 25.0 Å². The molecule has 24 heavy (non-hydrogen) atoms. The minimum Gasteiger partial charge on any atom is -0.309 e.